The van der Waals surface area contributed by atoms with Crippen molar-refractivity contribution in [3.8, 4) is 0 Å². The lowest BCUT2D eigenvalue weighted by Gasteiger charge is -2.15. The van der Waals surface area contributed by atoms with Gasteiger partial charge in [-0.2, -0.15) is 13.2 Å². The molecule has 0 amide bonds. The van der Waals surface area contributed by atoms with Gasteiger partial charge in [0.05, 0.1) is 6.42 Å². The van der Waals surface area contributed by atoms with Crippen LogP contribution in [0.2, 0.25) is 0 Å². The summed E-state index contributed by atoms with van der Waals surface area (Å²) in [4.78, 5) is 0. The standard InChI is InChI=1S/C11H14F3N.ClH/c1-7-3-4-9(5-8(7)2)10(15)6-11(12,13)14;/h3-5,10H,6,15H2,1-2H3;1H/t10-;/m0./s1. The SMILES string of the molecule is Cc1ccc([C@@H](N)CC(F)(F)F)cc1C.Cl. The van der Waals surface area contributed by atoms with Gasteiger partial charge < -0.3 is 5.73 Å². The maximum atomic E-state index is 12.1. The minimum atomic E-state index is -4.21. The number of hydrogen-bond donors (Lipinski definition) is 1. The van der Waals surface area contributed by atoms with Crippen LogP contribution >= 0.6 is 12.4 Å². The van der Waals surface area contributed by atoms with Gasteiger partial charge in [-0.05, 0) is 30.5 Å². The summed E-state index contributed by atoms with van der Waals surface area (Å²) in [6.07, 6.45) is -5.19. The summed E-state index contributed by atoms with van der Waals surface area (Å²) < 4.78 is 36.3. The molecule has 92 valence electrons. The second-order valence-corrected chi connectivity index (χ2v) is 3.77. The molecule has 16 heavy (non-hydrogen) atoms. The van der Waals surface area contributed by atoms with Crippen LogP contribution in [-0.2, 0) is 0 Å². The van der Waals surface area contributed by atoms with Crippen molar-refractivity contribution in [3.05, 3.63) is 34.9 Å². The second-order valence-electron chi connectivity index (χ2n) is 3.77. The highest BCUT2D eigenvalue weighted by molar-refractivity contribution is 5.85. The van der Waals surface area contributed by atoms with E-state index in [-0.39, 0.29) is 12.4 Å². The van der Waals surface area contributed by atoms with Gasteiger partial charge >= 0.3 is 6.18 Å². The average molecular weight is 254 g/mol. The van der Waals surface area contributed by atoms with Crippen LogP contribution in [0.25, 0.3) is 0 Å². The molecule has 0 saturated carbocycles. The molecule has 1 aromatic carbocycles. The Morgan fingerprint density at radius 3 is 2.19 bits per heavy atom. The highest BCUT2D eigenvalue weighted by atomic mass is 35.5. The molecular weight excluding hydrogens is 239 g/mol. The van der Waals surface area contributed by atoms with E-state index in [0.717, 1.165) is 11.1 Å². The third-order valence-corrected chi connectivity index (χ3v) is 2.41. The van der Waals surface area contributed by atoms with Crippen molar-refractivity contribution in [2.75, 3.05) is 0 Å². The van der Waals surface area contributed by atoms with Crippen LogP contribution in [0.3, 0.4) is 0 Å². The molecule has 0 saturated heterocycles. The number of alkyl halides is 3. The topological polar surface area (TPSA) is 26.0 Å². The van der Waals surface area contributed by atoms with E-state index in [9.17, 15) is 13.2 Å². The lowest BCUT2D eigenvalue weighted by Crippen LogP contribution is -2.20. The Bertz CT molecular complexity index is 350. The lowest BCUT2D eigenvalue weighted by molar-refractivity contribution is -0.138. The van der Waals surface area contributed by atoms with Crippen LogP contribution in [-0.4, -0.2) is 6.18 Å². The summed E-state index contributed by atoms with van der Waals surface area (Å²) in [5.74, 6) is 0. The summed E-state index contributed by atoms with van der Waals surface area (Å²) in [5.41, 5.74) is 8.03. The summed E-state index contributed by atoms with van der Waals surface area (Å²) >= 11 is 0. The van der Waals surface area contributed by atoms with Crippen molar-refractivity contribution in [2.45, 2.75) is 32.5 Å². The first-order chi connectivity index (χ1) is 6.79. The first-order valence-corrected chi connectivity index (χ1v) is 4.69. The Kier molecular flexibility index (Phi) is 5.29. The molecule has 0 fully saturated rings. The molecule has 0 unspecified atom stereocenters. The summed E-state index contributed by atoms with van der Waals surface area (Å²) in [5, 5.41) is 0. The van der Waals surface area contributed by atoms with Crippen molar-refractivity contribution < 1.29 is 13.2 Å². The van der Waals surface area contributed by atoms with Gasteiger partial charge in [-0.1, -0.05) is 18.2 Å². The minimum absolute atomic E-state index is 0. The molecule has 0 aromatic heterocycles. The quantitative estimate of drug-likeness (QED) is 0.855. The fourth-order valence-electron chi connectivity index (χ4n) is 1.36. The minimum Gasteiger partial charge on any atom is -0.324 e. The first kappa shape index (κ1) is 15.3. The molecule has 2 N–H and O–H groups in total. The first-order valence-electron chi connectivity index (χ1n) is 4.69. The molecule has 1 atom stereocenters. The predicted molar refractivity (Wildman–Crippen MR) is 60.8 cm³/mol. The van der Waals surface area contributed by atoms with E-state index >= 15 is 0 Å². The highest BCUT2D eigenvalue weighted by Crippen LogP contribution is 2.28. The molecule has 5 heteroatoms. The predicted octanol–water partition coefficient (Wildman–Crippen LogP) is 3.68. The van der Waals surface area contributed by atoms with Crippen LogP contribution in [0.15, 0.2) is 18.2 Å². The molecule has 0 bridgehead atoms. The van der Waals surface area contributed by atoms with Gasteiger partial charge in [0.25, 0.3) is 0 Å². The Morgan fingerprint density at radius 1 is 1.19 bits per heavy atom. The number of rotatable bonds is 2. The Hall–Kier alpha value is -0.740. The molecule has 0 aliphatic carbocycles. The third-order valence-electron chi connectivity index (χ3n) is 2.41. The van der Waals surface area contributed by atoms with E-state index in [4.69, 9.17) is 5.73 Å². The van der Waals surface area contributed by atoms with Gasteiger partial charge in [-0.3, -0.25) is 0 Å². The van der Waals surface area contributed by atoms with Crippen molar-refractivity contribution in [1.82, 2.24) is 0 Å². The maximum Gasteiger partial charge on any atom is 0.390 e. The fraction of sp³-hybridized carbons (Fsp3) is 0.455. The van der Waals surface area contributed by atoms with Gasteiger partial charge in [0, 0.05) is 6.04 Å². The molecule has 1 rings (SSSR count). The smallest absolute Gasteiger partial charge is 0.324 e. The zero-order chi connectivity index (χ0) is 11.6. The van der Waals surface area contributed by atoms with E-state index in [0.29, 0.717) is 5.56 Å². The molecule has 1 nitrogen and oxygen atoms in total. The van der Waals surface area contributed by atoms with Crippen molar-refractivity contribution >= 4 is 12.4 Å². The van der Waals surface area contributed by atoms with E-state index in [1.165, 1.54) is 0 Å². The highest BCUT2D eigenvalue weighted by Gasteiger charge is 2.30. The van der Waals surface area contributed by atoms with Gasteiger partial charge in [-0.15, -0.1) is 12.4 Å². The zero-order valence-corrected chi connectivity index (χ0v) is 9.95. The maximum absolute atomic E-state index is 12.1. The molecular formula is C11H15ClF3N. The molecule has 0 spiro atoms. The molecule has 0 aliphatic heterocycles. The second kappa shape index (κ2) is 5.55. The van der Waals surface area contributed by atoms with Gasteiger partial charge in [0.2, 0.25) is 0 Å². The third kappa shape index (κ3) is 4.41. The summed E-state index contributed by atoms with van der Waals surface area (Å²) in [6, 6.07) is 4.19. The zero-order valence-electron chi connectivity index (χ0n) is 9.14. The van der Waals surface area contributed by atoms with Crippen LogP contribution in [0.1, 0.15) is 29.2 Å². The Labute approximate surface area is 99.2 Å². The van der Waals surface area contributed by atoms with Crippen molar-refractivity contribution in [1.29, 1.82) is 0 Å². The van der Waals surface area contributed by atoms with E-state index in [1.54, 1.807) is 18.2 Å². The van der Waals surface area contributed by atoms with Crippen LogP contribution in [0, 0.1) is 13.8 Å². The summed E-state index contributed by atoms with van der Waals surface area (Å²) in [6.45, 7) is 3.77. The summed E-state index contributed by atoms with van der Waals surface area (Å²) in [7, 11) is 0. The lowest BCUT2D eigenvalue weighted by atomic mass is 9.99. The molecule has 0 aliphatic rings. The molecule has 1 aromatic rings. The number of hydrogen-bond acceptors (Lipinski definition) is 1. The average Bonchev–Trinajstić information content (AvgIpc) is 2.06. The van der Waals surface area contributed by atoms with Gasteiger partial charge in [-0.25, -0.2) is 0 Å². The van der Waals surface area contributed by atoms with Gasteiger partial charge in [0.1, 0.15) is 0 Å². The Balaban J connectivity index is 0.00000225. The van der Waals surface area contributed by atoms with Crippen LogP contribution in [0.5, 0.6) is 0 Å². The number of aryl methyl sites for hydroxylation is 2. The Morgan fingerprint density at radius 2 is 1.75 bits per heavy atom. The van der Waals surface area contributed by atoms with E-state index < -0.39 is 18.6 Å². The largest absolute Gasteiger partial charge is 0.390 e. The van der Waals surface area contributed by atoms with Crippen molar-refractivity contribution in [3.63, 3.8) is 0 Å². The van der Waals surface area contributed by atoms with E-state index in [1.807, 2.05) is 13.8 Å². The van der Waals surface area contributed by atoms with Crippen molar-refractivity contribution in [2.24, 2.45) is 5.73 Å². The fourth-order valence-corrected chi connectivity index (χ4v) is 1.36. The molecule has 0 radical (unpaired) electrons. The van der Waals surface area contributed by atoms with Crippen LogP contribution in [0.4, 0.5) is 13.2 Å². The number of nitrogens with two attached hydrogens (primary N) is 1. The normalized spacial score (nSPS) is 13.1. The van der Waals surface area contributed by atoms with Crippen LogP contribution < -0.4 is 5.73 Å². The monoisotopic (exact) mass is 253 g/mol. The van der Waals surface area contributed by atoms with Gasteiger partial charge in [0.15, 0.2) is 0 Å². The molecule has 0 heterocycles. The number of benzene rings is 1. The number of halogens is 4. The van der Waals surface area contributed by atoms with E-state index in [2.05, 4.69) is 0 Å².